The molecule has 0 radical (unpaired) electrons. The summed E-state index contributed by atoms with van der Waals surface area (Å²) in [5.74, 6) is 27.1. The molecule has 0 bridgehead atoms. The third-order valence-corrected chi connectivity index (χ3v) is 10.2. The molecule has 0 saturated heterocycles. The van der Waals surface area contributed by atoms with Gasteiger partial charge in [-0.15, -0.1) is 0 Å². The van der Waals surface area contributed by atoms with E-state index in [1.54, 1.807) is 6.92 Å². The zero-order chi connectivity index (χ0) is 37.0. The molecule has 6 rings (SSSR count). The minimum absolute atomic E-state index is 0.189. The molecule has 0 amide bonds. The lowest BCUT2D eigenvalue weighted by atomic mass is 9.83. The van der Waals surface area contributed by atoms with Gasteiger partial charge in [0.2, 0.25) is 0 Å². The maximum Gasteiger partial charge on any atom is 0.142 e. The second-order valence-corrected chi connectivity index (χ2v) is 15.0. The molecule has 4 aromatic rings. The molecule has 2 aliphatic rings. The lowest BCUT2D eigenvalue weighted by Crippen LogP contribution is -2.10. The van der Waals surface area contributed by atoms with Crippen LogP contribution < -0.4 is 0 Å². The van der Waals surface area contributed by atoms with Crippen LogP contribution in [-0.4, -0.2) is 0 Å². The second-order valence-electron chi connectivity index (χ2n) is 15.0. The van der Waals surface area contributed by atoms with Crippen molar-refractivity contribution in [3.8, 4) is 47.4 Å². The Hall–Kier alpha value is -5.02. The number of hydrogen-bond acceptors (Lipinski definition) is 0. The molecule has 0 atom stereocenters. The van der Waals surface area contributed by atoms with E-state index >= 15 is 0 Å². The predicted octanol–water partition coefficient (Wildman–Crippen LogP) is 12.0. The van der Waals surface area contributed by atoms with E-state index in [9.17, 15) is 8.78 Å². The summed E-state index contributed by atoms with van der Waals surface area (Å²) in [6.45, 7) is 12.7. The van der Waals surface area contributed by atoms with Crippen molar-refractivity contribution in [3.63, 3.8) is 0 Å². The van der Waals surface area contributed by atoms with Gasteiger partial charge in [-0.05, 0) is 168 Å². The van der Waals surface area contributed by atoms with Gasteiger partial charge >= 0.3 is 0 Å². The fourth-order valence-electron chi connectivity index (χ4n) is 6.77. The standard InChI is InChI=1S/C26H28.C24H22F2/c1-19-5-9-23(10-6-19)13-14-25-17-21(3)26(22(4)18-25)16-15-24-11-7-20(2)8-12-24;1-17-3-5-19(6-4-17)7-8-20-9-11-21(12-10-20)13-14-22-23(25)15-18(2)16-24(22)26/h7-8,11-12,17-19,23H,5-6,9-10H2,1-4H3;9-12,15-17,19H,3-6H2,1-2H3. The summed E-state index contributed by atoms with van der Waals surface area (Å²) in [6.07, 6.45) is 10.1. The molecule has 0 heterocycles. The maximum absolute atomic E-state index is 13.8. The number of hydrogen-bond donors (Lipinski definition) is 0. The molecule has 2 saturated carbocycles. The Morgan fingerprint density at radius 1 is 0.423 bits per heavy atom. The monoisotopic (exact) mass is 688 g/mol. The van der Waals surface area contributed by atoms with E-state index in [0.717, 1.165) is 34.1 Å². The molecule has 0 N–H and O–H groups in total. The molecule has 4 aromatic carbocycles. The highest BCUT2D eigenvalue weighted by Crippen LogP contribution is 2.29. The Bertz CT molecular complexity index is 2040. The van der Waals surface area contributed by atoms with Crippen molar-refractivity contribution < 1.29 is 8.78 Å². The lowest BCUT2D eigenvalue weighted by molar-refractivity contribution is 0.337. The largest absolute Gasteiger partial charge is 0.206 e. The van der Waals surface area contributed by atoms with Gasteiger partial charge in [-0.25, -0.2) is 8.78 Å². The SMILES string of the molecule is Cc1cc(F)c(C#Cc2ccc(C#CC3CCC(C)CC3)cc2)c(F)c1.Cc1ccc(C#Cc2c(C)cc(C#CC3CCC(C)CC3)cc2C)cc1. The Morgan fingerprint density at radius 2 is 0.808 bits per heavy atom. The molecule has 264 valence electrons. The van der Waals surface area contributed by atoms with Gasteiger partial charge in [-0.1, -0.05) is 78.9 Å². The zero-order valence-electron chi connectivity index (χ0n) is 31.7. The minimum Gasteiger partial charge on any atom is -0.206 e. The summed E-state index contributed by atoms with van der Waals surface area (Å²) in [6, 6.07) is 22.8. The molecular formula is C50H50F2. The zero-order valence-corrected chi connectivity index (χ0v) is 31.7. The molecule has 0 unspecified atom stereocenters. The van der Waals surface area contributed by atoms with Gasteiger partial charge in [0.25, 0.3) is 0 Å². The molecule has 2 fully saturated rings. The predicted molar refractivity (Wildman–Crippen MR) is 213 cm³/mol. The third-order valence-electron chi connectivity index (χ3n) is 10.2. The summed E-state index contributed by atoms with van der Waals surface area (Å²) in [7, 11) is 0. The van der Waals surface area contributed by atoms with Crippen molar-refractivity contribution in [2.45, 2.75) is 92.9 Å². The van der Waals surface area contributed by atoms with E-state index in [1.807, 2.05) is 24.3 Å². The summed E-state index contributed by atoms with van der Waals surface area (Å²) in [5.41, 5.74) is 9.01. The van der Waals surface area contributed by atoms with Gasteiger partial charge in [0.1, 0.15) is 11.6 Å². The van der Waals surface area contributed by atoms with Crippen LogP contribution in [0.2, 0.25) is 0 Å². The summed E-state index contributed by atoms with van der Waals surface area (Å²) in [4.78, 5) is 0. The molecule has 0 spiro atoms. The van der Waals surface area contributed by atoms with Gasteiger partial charge < -0.3 is 0 Å². The van der Waals surface area contributed by atoms with E-state index in [0.29, 0.717) is 23.0 Å². The van der Waals surface area contributed by atoms with E-state index in [2.05, 4.69) is 118 Å². The van der Waals surface area contributed by atoms with Gasteiger partial charge in [0, 0.05) is 39.7 Å². The van der Waals surface area contributed by atoms with Crippen molar-refractivity contribution in [1.82, 2.24) is 0 Å². The van der Waals surface area contributed by atoms with E-state index < -0.39 is 11.6 Å². The fourth-order valence-corrected chi connectivity index (χ4v) is 6.77. The molecule has 2 aliphatic carbocycles. The Kier molecular flexibility index (Phi) is 13.6. The fraction of sp³-hybridized carbons (Fsp3) is 0.360. The molecule has 52 heavy (non-hydrogen) atoms. The van der Waals surface area contributed by atoms with E-state index in [-0.39, 0.29) is 5.56 Å². The quantitative estimate of drug-likeness (QED) is 0.161. The lowest BCUT2D eigenvalue weighted by Gasteiger charge is -2.21. The number of aryl methyl sites for hydroxylation is 4. The normalized spacial score (nSPS) is 19.1. The van der Waals surface area contributed by atoms with Gasteiger partial charge in [0.05, 0.1) is 5.56 Å². The minimum atomic E-state index is -0.626. The van der Waals surface area contributed by atoms with Gasteiger partial charge in [-0.2, -0.15) is 0 Å². The number of rotatable bonds is 0. The van der Waals surface area contributed by atoms with E-state index in [1.165, 1.54) is 80.2 Å². The summed E-state index contributed by atoms with van der Waals surface area (Å²) < 4.78 is 27.6. The van der Waals surface area contributed by atoms with Gasteiger partial charge in [-0.3, -0.25) is 0 Å². The number of halogens is 2. The van der Waals surface area contributed by atoms with Crippen LogP contribution >= 0.6 is 0 Å². The Labute approximate surface area is 311 Å². The first kappa shape index (κ1) is 38.2. The van der Waals surface area contributed by atoms with E-state index in [4.69, 9.17) is 0 Å². The third kappa shape index (κ3) is 11.5. The first-order valence-corrected chi connectivity index (χ1v) is 18.8. The Morgan fingerprint density at radius 3 is 1.27 bits per heavy atom. The van der Waals surface area contributed by atoms with Crippen molar-refractivity contribution in [2.24, 2.45) is 23.7 Å². The maximum atomic E-state index is 13.8. The molecule has 0 aromatic heterocycles. The van der Waals surface area contributed by atoms with Crippen LogP contribution in [0.25, 0.3) is 0 Å². The van der Waals surface area contributed by atoms with Crippen molar-refractivity contribution in [1.29, 1.82) is 0 Å². The second kappa shape index (κ2) is 18.5. The van der Waals surface area contributed by atoms with Crippen LogP contribution in [0.4, 0.5) is 8.78 Å². The topological polar surface area (TPSA) is 0 Å². The summed E-state index contributed by atoms with van der Waals surface area (Å²) in [5, 5.41) is 0. The molecular weight excluding hydrogens is 639 g/mol. The van der Waals surface area contributed by atoms with Crippen molar-refractivity contribution in [3.05, 3.63) is 140 Å². The highest BCUT2D eigenvalue weighted by Gasteiger charge is 2.17. The Balaban J connectivity index is 0.000000201. The average molecular weight is 689 g/mol. The van der Waals surface area contributed by atoms with Crippen LogP contribution in [0.5, 0.6) is 0 Å². The molecule has 0 nitrogen and oxygen atoms in total. The van der Waals surface area contributed by atoms with Crippen LogP contribution in [0.15, 0.2) is 72.8 Å². The number of benzene rings is 4. The summed E-state index contributed by atoms with van der Waals surface area (Å²) >= 11 is 0. The molecule has 2 heteroatoms. The van der Waals surface area contributed by atoms with Crippen LogP contribution in [0, 0.1) is 110 Å². The first-order valence-electron chi connectivity index (χ1n) is 18.8. The molecule has 0 aliphatic heterocycles. The van der Waals surface area contributed by atoms with Crippen LogP contribution in [0.3, 0.4) is 0 Å². The van der Waals surface area contributed by atoms with Gasteiger partial charge in [0.15, 0.2) is 0 Å². The highest BCUT2D eigenvalue weighted by molar-refractivity contribution is 5.54. The first-order chi connectivity index (χ1) is 25.0. The van der Waals surface area contributed by atoms with Crippen LogP contribution in [0.1, 0.15) is 121 Å². The highest BCUT2D eigenvalue weighted by atomic mass is 19.1. The smallest absolute Gasteiger partial charge is 0.142 e. The average Bonchev–Trinajstić information content (AvgIpc) is 3.12. The van der Waals surface area contributed by atoms with Crippen molar-refractivity contribution >= 4 is 0 Å². The van der Waals surface area contributed by atoms with Crippen molar-refractivity contribution in [2.75, 3.05) is 0 Å². The van der Waals surface area contributed by atoms with Crippen LogP contribution in [-0.2, 0) is 0 Å².